The van der Waals surface area contributed by atoms with Gasteiger partial charge in [-0.3, -0.25) is 9.10 Å². The van der Waals surface area contributed by atoms with Gasteiger partial charge in [0, 0.05) is 24.0 Å². The standard InChI is InChI=1S/C17H25ClN2O3S/c1-13-15(18)9-6-10-16(13)20(24(2,22)23)12-11-17(21)19-14-7-4-3-5-8-14/h6,9-10,14H,3-5,7-8,11-12H2,1-2H3,(H,19,21). The summed E-state index contributed by atoms with van der Waals surface area (Å²) in [6, 6.07) is 5.37. The second kappa shape index (κ2) is 8.21. The molecule has 7 heteroatoms. The van der Waals surface area contributed by atoms with Crippen LogP contribution in [0.4, 0.5) is 5.69 Å². The predicted molar refractivity (Wildman–Crippen MR) is 98.0 cm³/mol. The average Bonchev–Trinajstić information content (AvgIpc) is 2.51. The molecular formula is C17H25ClN2O3S. The summed E-state index contributed by atoms with van der Waals surface area (Å²) >= 11 is 6.10. The third-order valence-corrected chi connectivity index (χ3v) is 6.01. The minimum atomic E-state index is -3.49. The van der Waals surface area contributed by atoms with Gasteiger partial charge in [0.1, 0.15) is 0 Å². The average molecular weight is 373 g/mol. The van der Waals surface area contributed by atoms with Gasteiger partial charge in [-0.25, -0.2) is 8.42 Å². The number of halogens is 1. The molecule has 0 saturated heterocycles. The molecule has 0 aliphatic heterocycles. The van der Waals surface area contributed by atoms with Gasteiger partial charge < -0.3 is 5.32 Å². The molecule has 1 aliphatic rings. The largest absolute Gasteiger partial charge is 0.353 e. The van der Waals surface area contributed by atoms with Gasteiger partial charge in [0.2, 0.25) is 15.9 Å². The lowest BCUT2D eigenvalue weighted by Crippen LogP contribution is -2.39. The fourth-order valence-corrected chi connectivity index (χ4v) is 4.23. The Morgan fingerprint density at radius 2 is 1.96 bits per heavy atom. The first-order chi connectivity index (χ1) is 11.3. The van der Waals surface area contributed by atoms with E-state index in [-0.39, 0.29) is 24.9 Å². The highest BCUT2D eigenvalue weighted by Gasteiger charge is 2.22. The zero-order chi connectivity index (χ0) is 17.7. The van der Waals surface area contributed by atoms with Crippen LogP contribution >= 0.6 is 11.6 Å². The number of benzene rings is 1. The van der Waals surface area contributed by atoms with Crippen molar-refractivity contribution in [2.75, 3.05) is 17.1 Å². The van der Waals surface area contributed by atoms with Crippen LogP contribution in [0.15, 0.2) is 18.2 Å². The number of nitrogens with one attached hydrogen (secondary N) is 1. The van der Waals surface area contributed by atoms with Gasteiger partial charge in [-0.05, 0) is 37.5 Å². The lowest BCUT2D eigenvalue weighted by atomic mass is 9.95. The number of rotatable bonds is 6. The van der Waals surface area contributed by atoms with E-state index in [0.29, 0.717) is 16.3 Å². The van der Waals surface area contributed by atoms with Gasteiger partial charge in [0.25, 0.3) is 0 Å². The summed E-state index contributed by atoms with van der Waals surface area (Å²) in [5.74, 6) is -0.102. The number of carbonyl (C=O) groups excluding carboxylic acids is 1. The number of hydrogen-bond acceptors (Lipinski definition) is 3. The summed E-state index contributed by atoms with van der Waals surface area (Å²) in [5, 5.41) is 3.52. The Balaban J connectivity index is 2.04. The maximum Gasteiger partial charge on any atom is 0.232 e. The molecule has 1 aromatic carbocycles. The predicted octanol–water partition coefficient (Wildman–Crippen LogP) is 3.25. The zero-order valence-electron chi connectivity index (χ0n) is 14.2. The summed E-state index contributed by atoms with van der Waals surface area (Å²) in [4.78, 5) is 12.2. The van der Waals surface area contributed by atoms with E-state index < -0.39 is 10.0 Å². The number of carbonyl (C=O) groups is 1. The van der Waals surface area contributed by atoms with Crippen LogP contribution in [0.5, 0.6) is 0 Å². The van der Waals surface area contributed by atoms with E-state index in [1.54, 1.807) is 25.1 Å². The Kier molecular flexibility index (Phi) is 6.52. The minimum absolute atomic E-state index is 0.102. The highest BCUT2D eigenvalue weighted by atomic mass is 35.5. The SMILES string of the molecule is Cc1c(Cl)cccc1N(CCC(=O)NC1CCCCC1)S(C)(=O)=O. The topological polar surface area (TPSA) is 66.5 Å². The minimum Gasteiger partial charge on any atom is -0.353 e. The zero-order valence-corrected chi connectivity index (χ0v) is 15.8. The van der Waals surface area contributed by atoms with Crippen LogP contribution in [-0.2, 0) is 14.8 Å². The molecule has 134 valence electrons. The highest BCUT2D eigenvalue weighted by molar-refractivity contribution is 7.92. The highest BCUT2D eigenvalue weighted by Crippen LogP contribution is 2.28. The molecule has 0 unspecified atom stereocenters. The maximum atomic E-state index is 12.2. The van der Waals surface area contributed by atoms with Crippen molar-refractivity contribution in [3.8, 4) is 0 Å². The molecule has 1 N–H and O–H groups in total. The summed E-state index contributed by atoms with van der Waals surface area (Å²) in [7, 11) is -3.49. The van der Waals surface area contributed by atoms with Crippen LogP contribution in [0.3, 0.4) is 0 Å². The molecular weight excluding hydrogens is 348 g/mol. The van der Waals surface area contributed by atoms with E-state index in [4.69, 9.17) is 11.6 Å². The lowest BCUT2D eigenvalue weighted by Gasteiger charge is -2.26. The van der Waals surface area contributed by atoms with Gasteiger partial charge >= 0.3 is 0 Å². The van der Waals surface area contributed by atoms with Gasteiger partial charge in [-0.1, -0.05) is 36.9 Å². The van der Waals surface area contributed by atoms with Crippen LogP contribution in [0, 0.1) is 6.92 Å². The van der Waals surface area contributed by atoms with E-state index in [2.05, 4.69) is 5.32 Å². The monoisotopic (exact) mass is 372 g/mol. The van der Waals surface area contributed by atoms with Crippen LogP contribution < -0.4 is 9.62 Å². The van der Waals surface area contributed by atoms with Crippen molar-refractivity contribution >= 4 is 33.2 Å². The van der Waals surface area contributed by atoms with Crippen molar-refractivity contribution in [3.05, 3.63) is 28.8 Å². The number of nitrogens with zero attached hydrogens (tertiary/aromatic N) is 1. The first-order valence-corrected chi connectivity index (χ1v) is 10.5. The summed E-state index contributed by atoms with van der Waals surface area (Å²) in [5.41, 5.74) is 1.22. The van der Waals surface area contributed by atoms with Crippen molar-refractivity contribution in [1.82, 2.24) is 5.32 Å². The van der Waals surface area contributed by atoms with Crippen LogP contribution in [0.1, 0.15) is 44.1 Å². The Morgan fingerprint density at radius 3 is 2.58 bits per heavy atom. The van der Waals surface area contributed by atoms with E-state index in [1.807, 2.05) is 0 Å². The number of amides is 1. The van der Waals surface area contributed by atoms with Crippen molar-refractivity contribution in [1.29, 1.82) is 0 Å². The molecule has 0 aromatic heterocycles. The third-order valence-electron chi connectivity index (χ3n) is 4.42. The van der Waals surface area contributed by atoms with E-state index in [1.165, 1.54) is 10.7 Å². The molecule has 1 aliphatic carbocycles. The molecule has 1 saturated carbocycles. The molecule has 1 amide bonds. The molecule has 0 spiro atoms. The fourth-order valence-electron chi connectivity index (χ4n) is 3.08. The Labute approximate surface area is 149 Å². The molecule has 1 aromatic rings. The second-order valence-electron chi connectivity index (χ2n) is 6.37. The van der Waals surface area contributed by atoms with Crippen molar-refractivity contribution < 1.29 is 13.2 Å². The molecule has 1 fully saturated rings. The first-order valence-electron chi connectivity index (χ1n) is 8.31. The number of anilines is 1. The smallest absolute Gasteiger partial charge is 0.232 e. The Hall–Kier alpha value is -1.27. The van der Waals surface area contributed by atoms with Crippen LogP contribution in [0.2, 0.25) is 5.02 Å². The molecule has 0 bridgehead atoms. The van der Waals surface area contributed by atoms with Crippen molar-refractivity contribution in [3.63, 3.8) is 0 Å². The normalized spacial score (nSPS) is 16.0. The third kappa shape index (κ3) is 5.11. The van der Waals surface area contributed by atoms with E-state index >= 15 is 0 Å². The van der Waals surface area contributed by atoms with E-state index in [9.17, 15) is 13.2 Å². The molecule has 0 atom stereocenters. The Morgan fingerprint density at radius 1 is 1.29 bits per heavy atom. The van der Waals surface area contributed by atoms with Gasteiger partial charge in [-0.15, -0.1) is 0 Å². The van der Waals surface area contributed by atoms with Crippen molar-refractivity contribution in [2.45, 2.75) is 51.5 Å². The van der Waals surface area contributed by atoms with Crippen molar-refractivity contribution in [2.24, 2.45) is 0 Å². The fraction of sp³-hybridized carbons (Fsp3) is 0.588. The first kappa shape index (κ1) is 19.1. The summed E-state index contributed by atoms with van der Waals surface area (Å²) in [6.45, 7) is 1.89. The Bertz CT molecular complexity index is 685. The van der Waals surface area contributed by atoms with Gasteiger partial charge in [0.05, 0.1) is 11.9 Å². The maximum absolute atomic E-state index is 12.2. The van der Waals surface area contributed by atoms with Gasteiger partial charge in [-0.2, -0.15) is 0 Å². The summed E-state index contributed by atoms with van der Waals surface area (Å²) < 4.78 is 25.6. The van der Waals surface area contributed by atoms with Crippen LogP contribution in [0.25, 0.3) is 0 Å². The summed E-state index contributed by atoms with van der Waals surface area (Å²) in [6.07, 6.45) is 6.80. The second-order valence-corrected chi connectivity index (χ2v) is 8.69. The molecule has 2 rings (SSSR count). The molecule has 24 heavy (non-hydrogen) atoms. The lowest BCUT2D eigenvalue weighted by molar-refractivity contribution is -0.121. The number of sulfonamides is 1. The quantitative estimate of drug-likeness (QED) is 0.833. The number of hydrogen-bond donors (Lipinski definition) is 1. The molecule has 5 nitrogen and oxygen atoms in total. The van der Waals surface area contributed by atoms with E-state index in [0.717, 1.165) is 31.9 Å². The molecule has 0 radical (unpaired) electrons. The molecule has 0 heterocycles. The van der Waals surface area contributed by atoms with Crippen LogP contribution in [-0.4, -0.2) is 33.2 Å². The van der Waals surface area contributed by atoms with Gasteiger partial charge in [0.15, 0.2) is 0 Å².